The monoisotopic (exact) mass is 266 g/mol. The molecule has 2 heterocycles. The minimum absolute atomic E-state index is 0.0219. The molecule has 1 aliphatic rings. The summed E-state index contributed by atoms with van der Waals surface area (Å²) < 4.78 is 6.74. The summed E-state index contributed by atoms with van der Waals surface area (Å²) in [7, 11) is 3.46. The highest BCUT2D eigenvalue weighted by Gasteiger charge is 2.23. The van der Waals surface area contributed by atoms with E-state index < -0.39 is 0 Å². The molecule has 0 radical (unpaired) electrons. The molecule has 1 unspecified atom stereocenters. The molecule has 0 saturated carbocycles. The summed E-state index contributed by atoms with van der Waals surface area (Å²) in [6.45, 7) is 2.91. The lowest BCUT2D eigenvalue weighted by Crippen LogP contribution is -2.42. The first-order chi connectivity index (χ1) is 9.20. The van der Waals surface area contributed by atoms with Crippen molar-refractivity contribution in [2.24, 2.45) is 7.05 Å². The van der Waals surface area contributed by atoms with Crippen molar-refractivity contribution in [3.8, 4) is 0 Å². The van der Waals surface area contributed by atoms with Crippen LogP contribution in [0.5, 0.6) is 0 Å². The van der Waals surface area contributed by atoms with Crippen molar-refractivity contribution < 1.29 is 9.53 Å². The zero-order valence-electron chi connectivity index (χ0n) is 11.6. The number of hydrogen-bond donors (Lipinski definition) is 1. The maximum Gasteiger partial charge on any atom is 0.274 e. The van der Waals surface area contributed by atoms with E-state index in [0.717, 1.165) is 19.5 Å². The van der Waals surface area contributed by atoms with Crippen LogP contribution in [0.3, 0.4) is 0 Å². The molecule has 1 aromatic heterocycles. The molecule has 1 saturated heterocycles. The van der Waals surface area contributed by atoms with Crippen LogP contribution in [0.25, 0.3) is 0 Å². The smallest absolute Gasteiger partial charge is 0.274 e. The number of rotatable bonds is 6. The van der Waals surface area contributed by atoms with E-state index in [4.69, 9.17) is 4.74 Å². The summed E-state index contributed by atoms with van der Waals surface area (Å²) in [6, 6.07) is 2.15. The van der Waals surface area contributed by atoms with Gasteiger partial charge in [-0.05, 0) is 25.5 Å². The molecule has 1 aliphatic heterocycles. The lowest BCUT2D eigenvalue weighted by molar-refractivity contribution is 0.0672. The van der Waals surface area contributed by atoms with Crippen molar-refractivity contribution in [2.45, 2.75) is 18.9 Å². The second-order valence-electron chi connectivity index (χ2n) is 4.91. The zero-order valence-corrected chi connectivity index (χ0v) is 11.6. The largest absolute Gasteiger partial charge is 0.383 e. The van der Waals surface area contributed by atoms with Crippen LogP contribution >= 0.6 is 0 Å². The van der Waals surface area contributed by atoms with Gasteiger partial charge in [-0.1, -0.05) is 0 Å². The Morgan fingerprint density at radius 2 is 2.53 bits per heavy atom. The Bertz CT molecular complexity index is 413. The molecule has 19 heavy (non-hydrogen) atoms. The predicted molar refractivity (Wildman–Crippen MR) is 72.0 cm³/mol. The van der Waals surface area contributed by atoms with Crippen LogP contribution in [-0.2, 0) is 11.8 Å². The van der Waals surface area contributed by atoms with Crippen LogP contribution in [0.2, 0.25) is 0 Å². The van der Waals surface area contributed by atoms with E-state index in [1.807, 2.05) is 11.9 Å². The number of nitrogens with zero attached hydrogens (tertiary/aromatic N) is 3. The molecule has 6 heteroatoms. The first-order valence-corrected chi connectivity index (χ1v) is 6.72. The third-order valence-electron chi connectivity index (χ3n) is 3.39. The van der Waals surface area contributed by atoms with E-state index in [-0.39, 0.29) is 5.91 Å². The minimum atomic E-state index is -0.0219. The molecule has 0 bridgehead atoms. The molecular weight excluding hydrogens is 244 g/mol. The van der Waals surface area contributed by atoms with Crippen LogP contribution in [0.1, 0.15) is 23.3 Å². The van der Waals surface area contributed by atoms with Gasteiger partial charge in [-0.3, -0.25) is 9.48 Å². The lowest BCUT2D eigenvalue weighted by Gasteiger charge is -2.25. The molecule has 0 aromatic carbocycles. The van der Waals surface area contributed by atoms with E-state index >= 15 is 0 Å². The van der Waals surface area contributed by atoms with E-state index in [1.165, 1.54) is 6.42 Å². The number of aryl methyl sites for hydroxylation is 1. The van der Waals surface area contributed by atoms with Gasteiger partial charge in [-0.15, -0.1) is 0 Å². The first kappa shape index (κ1) is 14.0. The van der Waals surface area contributed by atoms with Crippen molar-refractivity contribution >= 4 is 5.91 Å². The molecule has 1 amide bonds. The van der Waals surface area contributed by atoms with Crippen LogP contribution < -0.4 is 5.32 Å². The van der Waals surface area contributed by atoms with Crippen LogP contribution in [-0.4, -0.2) is 60.0 Å². The highest BCUT2D eigenvalue weighted by atomic mass is 16.5. The standard InChI is InChI=1S/C13H22N4O2/c1-16-7-5-12(15-16)13(18)17(8-9-19-2)10-11-4-3-6-14-11/h5,7,11,14H,3-4,6,8-10H2,1-2H3. The Labute approximate surface area is 113 Å². The average Bonchev–Trinajstić information content (AvgIpc) is 3.05. The molecule has 2 rings (SSSR count). The predicted octanol–water partition coefficient (Wildman–Crippen LogP) is 0.261. The average molecular weight is 266 g/mol. The zero-order chi connectivity index (χ0) is 13.7. The highest BCUT2D eigenvalue weighted by molar-refractivity contribution is 5.92. The molecule has 1 atom stereocenters. The lowest BCUT2D eigenvalue weighted by atomic mass is 10.2. The Morgan fingerprint density at radius 3 is 3.11 bits per heavy atom. The third-order valence-corrected chi connectivity index (χ3v) is 3.39. The summed E-state index contributed by atoms with van der Waals surface area (Å²) >= 11 is 0. The normalized spacial score (nSPS) is 18.7. The Balaban J connectivity index is 2.00. The van der Waals surface area contributed by atoms with Crippen molar-refractivity contribution in [3.63, 3.8) is 0 Å². The van der Waals surface area contributed by atoms with E-state index in [1.54, 1.807) is 24.1 Å². The summed E-state index contributed by atoms with van der Waals surface area (Å²) in [5.74, 6) is -0.0219. The summed E-state index contributed by atoms with van der Waals surface area (Å²) in [5, 5.41) is 7.59. The molecule has 106 valence electrons. The maximum absolute atomic E-state index is 12.4. The van der Waals surface area contributed by atoms with Gasteiger partial charge < -0.3 is 15.0 Å². The van der Waals surface area contributed by atoms with Gasteiger partial charge in [0, 0.05) is 39.5 Å². The van der Waals surface area contributed by atoms with Crippen molar-refractivity contribution in [2.75, 3.05) is 33.4 Å². The van der Waals surface area contributed by atoms with Crippen molar-refractivity contribution in [1.82, 2.24) is 20.0 Å². The Morgan fingerprint density at radius 1 is 1.68 bits per heavy atom. The number of aromatic nitrogens is 2. The van der Waals surface area contributed by atoms with Gasteiger partial charge in [-0.2, -0.15) is 5.10 Å². The van der Waals surface area contributed by atoms with Gasteiger partial charge in [0.25, 0.3) is 5.91 Å². The Kier molecular flexibility index (Phi) is 4.93. The molecular formula is C13H22N4O2. The molecule has 1 aromatic rings. The van der Waals surface area contributed by atoms with Crippen LogP contribution in [0, 0.1) is 0 Å². The fourth-order valence-electron chi connectivity index (χ4n) is 2.35. The van der Waals surface area contributed by atoms with E-state index in [2.05, 4.69) is 10.4 Å². The van der Waals surface area contributed by atoms with Gasteiger partial charge in [-0.25, -0.2) is 0 Å². The molecule has 1 N–H and O–H groups in total. The fraction of sp³-hybridized carbons (Fsp3) is 0.692. The number of amides is 1. The van der Waals surface area contributed by atoms with Gasteiger partial charge >= 0.3 is 0 Å². The molecule has 0 spiro atoms. The van der Waals surface area contributed by atoms with Crippen LogP contribution in [0.15, 0.2) is 12.3 Å². The van der Waals surface area contributed by atoms with Crippen LogP contribution in [0.4, 0.5) is 0 Å². The Hall–Kier alpha value is -1.40. The fourth-order valence-corrected chi connectivity index (χ4v) is 2.35. The topological polar surface area (TPSA) is 59.4 Å². The molecule has 1 fully saturated rings. The number of carbonyl (C=O) groups is 1. The van der Waals surface area contributed by atoms with Gasteiger partial charge in [0.05, 0.1) is 6.61 Å². The number of nitrogens with one attached hydrogen (secondary N) is 1. The maximum atomic E-state index is 12.4. The first-order valence-electron chi connectivity index (χ1n) is 6.72. The second-order valence-corrected chi connectivity index (χ2v) is 4.91. The van der Waals surface area contributed by atoms with Crippen molar-refractivity contribution in [3.05, 3.63) is 18.0 Å². The number of hydrogen-bond acceptors (Lipinski definition) is 4. The van der Waals surface area contributed by atoms with Crippen molar-refractivity contribution in [1.29, 1.82) is 0 Å². The number of methoxy groups -OCH3 is 1. The third kappa shape index (κ3) is 3.78. The van der Waals surface area contributed by atoms with E-state index in [0.29, 0.717) is 24.9 Å². The summed E-state index contributed by atoms with van der Waals surface area (Å²) in [5.41, 5.74) is 0.497. The highest BCUT2D eigenvalue weighted by Crippen LogP contribution is 2.09. The number of ether oxygens (including phenoxy) is 1. The van der Waals surface area contributed by atoms with Gasteiger partial charge in [0.15, 0.2) is 0 Å². The second kappa shape index (κ2) is 6.68. The van der Waals surface area contributed by atoms with E-state index in [9.17, 15) is 4.79 Å². The summed E-state index contributed by atoms with van der Waals surface area (Å²) in [6.07, 6.45) is 4.09. The minimum Gasteiger partial charge on any atom is -0.383 e. The number of carbonyl (C=O) groups excluding carboxylic acids is 1. The molecule has 6 nitrogen and oxygen atoms in total. The summed E-state index contributed by atoms with van der Waals surface area (Å²) in [4.78, 5) is 14.2. The SMILES string of the molecule is COCCN(CC1CCCN1)C(=O)c1ccn(C)n1. The molecule has 0 aliphatic carbocycles. The quantitative estimate of drug-likeness (QED) is 0.802. The van der Waals surface area contributed by atoms with Gasteiger partial charge in [0.1, 0.15) is 5.69 Å². The van der Waals surface area contributed by atoms with Gasteiger partial charge in [0.2, 0.25) is 0 Å².